The van der Waals surface area contributed by atoms with Gasteiger partial charge in [0.2, 0.25) is 0 Å². The zero-order valence-electron chi connectivity index (χ0n) is 10.7. The van der Waals surface area contributed by atoms with Crippen molar-refractivity contribution in [3.63, 3.8) is 0 Å². The van der Waals surface area contributed by atoms with Crippen LogP contribution in [0.5, 0.6) is 0 Å². The van der Waals surface area contributed by atoms with E-state index in [1.54, 1.807) is 30.3 Å². The predicted octanol–water partition coefficient (Wildman–Crippen LogP) is 3.16. The number of azide groups is 1. The fourth-order valence-electron chi connectivity index (χ4n) is 1.54. The van der Waals surface area contributed by atoms with Crippen molar-refractivity contribution in [1.29, 1.82) is 0 Å². The van der Waals surface area contributed by atoms with Crippen LogP contribution in [-0.2, 0) is 20.7 Å². The molecule has 116 valence electrons. The first-order chi connectivity index (χ1) is 9.76. The molecule has 0 fully saturated rings. The quantitative estimate of drug-likeness (QED) is 0.254. The van der Waals surface area contributed by atoms with Crippen molar-refractivity contribution < 1.29 is 25.8 Å². The summed E-state index contributed by atoms with van der Waals surface area (Å²) < 4.78 is 63.3. The number of benzene rings is 1. The van der Waals surface area contributed by atoms with Crippen molar-refractivity contribution in [2.75, 3.05) is 6.54 Å². The summed E-state index contributed by atoms with van der Waals surface area (Å²) in [5, 5.41) is 3.17. The van der Waals surface area contributed by atoms with E-state index in [4.69, 9.17) is 5.53 Å². The Kier molecular flexibility index (Phi) is 6.01. The van der Waals surface area contributed by atoms with Crippen molar-refractivity contribution in [3.05, 3.63) is 46.3 Å². The van der Waals surface area contributed by atoms with E-state index in [0.717, 1.165) is 0 Å². The van der Waals surface area contributed by atoms with Gasteiger partial charge in [0.05, 0.1) is 6.10 Å². The molecule has 10 heteroatoms. The average Bonchev–Trinajstić information content (AvgIpc) is 2.38. The minimum absolute atomic E-state index is 0.0445. The highest BCUT2D eigenvalue weighted by molar-refractivity contribution is 7.87. The summed E-state index contributed by atoms with van der Waals surface area (Å²) in [6, 6.07) is 8.30. The first kappa shape index (κ1) is 17.3. The molecule has 1 aromatic rings. The summed E-state index contributed by atoms with van der Waals surface area (Å²) in [6.07, 6.45) is -1.45. The second kappa shape index (κ2) is 7.30. The second-order valence-electron chi connectivity index (χ2n) is 4.05. The van der Waals surface area contributed by atoms with Crippen molar-refractivity contribution in [2.45, 2.75) is 24.5 Å². The number of alkyl halides is 3. The molecule has 1 atom stereocenters. The fourth-order valence-corrected chi connectivity index (χ4v) is 2.17. The van der Waals surface area contributed by atoms with Gasteiger partial charge in [0, 0.05) is 17.9 Å². The van der Waals surface area contributed by atoms with Gasteiger partial charge in [0.15, 0.2) is 0 Å². The van der Waals surface area contributed by atoms with Gasteiger partial charge < -0.3 is 0 Å². The highest BCUT2D eigenvalue weighted by atomic mass is 32.2. The van der Waals surface area contributed by atoms with Crippen LogP contribution in [0.3, 0.4) is 0 Å². The van der Waals surface area contributed by atoms with Crippen molar-refractivity contribution in [2.24, 2.45) is 5.11 Å². The molecule has 0 amide bonds. The highest BCUT2D eigenvalue weighted by Crippen LogP contribution is 2.27. The van der Waals surface area contributed by atoms with E-state index in [1.807, 2.05) is 0 Å². The maximum Gasteiger partial charge on any atom is 0.523 e. The molecule has 0 aromatic heterocycles. The van der Waals surface area contributed by atoms with E-state index < -0.39 is 21.7 Å². The molecule has 0 N–H and O–H groups in total. The Morgan fingerprint density at radius 1 is 1.29 bits per heavy atom. The summed E-state index contributed by atoms with van der Waals surface area (Å²) in [5.74, 6) is 0. The Hall–Kier alpha value is -1.77. The lowest BCUT2D eigenvalue weighted by Crippen LogP contribution is -2.31. The molecular weight excluding hydrogens is 311 g/mol. The Morgan fingerprint density at radius 2 is 1.90 bits per heavy atom. The standard InChI is InChI=1S/C11H12F3N3O3S/c12-11(13,14)21(18,19)20-10(6-7-16-17-15)8-9-4-2-1-3-5-9/h1-5,10H,6-8H2/t10-/m0/s1. The minimum atomic E-state index is -5.69. The normalized spacial score (nSPS) is 13.5. The molecule has 0 spiro atoms. The van der Waals surface area contributed by atoms with E-state index >= 15 is 0 Å². The van der Waals surface area contributed by atoms with Gasteiger partial charge in [-0.05, 0) is 17.5 Å². The summed E-state index contributed by atoms with van der Waals surface area (Å²) in [5.41, 5.74) is 3.28. The monoisotopic (exact) mass is 323 g/mol. The van der Waals surface area contributed by atoms with E-state index in [2.05, 4.69) is 14.2 Å². The molecule has 0 radical (unpaired) electrons. The van der Waals surface area contributed by atoms with Gasteiger partial charge in [-0.25, -0.2) is 0 Å². The molecular formula is C11H12F3N3O3S. The zero-order valence-corrected chi connectivity index (χ0v) is 11.5. The number of nitrogens with zero attached hydrogens (tertiary/aromatic N) is 3. The van der Waals surface area contributed by atoms with Crippen molar-refractivity contribution in [3.8, 4) is 0 Å². The first-order valence-corrected chi connectivity index (χ1v) is 7.21. The molecule has 0 bridgehead atoms. The van der Waals surface area contributed by atoms with Crippen LogP contribution < -0.4 is 0 Å². The zero-order chi connectivity index (χ0) is 15.9. The van der Waals surface area contributed by atoms with Crippen LogP contribution in [0.2, 0.25) is 0 Å². The van der Waals surface area contributed by atoms with E-state index in [0.29, 0.717) is 5.56 Å². The molecule has 0 saturated heterocycles. The van der Waals surface area contributed by atoms with Crippen LogP contribution in [0.25, 0.3) is 10.4 Å². The molecule has 0 aliphatic carbocycles. The Labute approximate surface area is 119 Å². The predicted molar refractivity (Wildman–Crippen MR) is 68.6 cm³/mol. The second-order valence-corrected chi connectivity index (χ2v) is 5.61. The summed E-state index contributed by atoms with van der Waals surface area (Å²) >= 11 is 0. The van der Waals surface area contributed by atoms with Gasteiger partial charge in [-0.15, -0.1) is 0 Å². The lowest BCUT2D eigenvalue weighted by atomic mass is 10.1. The van der Waals surface area contributed by atoms with Crippen LogP contribution in [0.4, 0.5) is 13.2 Å². The van der Waals surface area contributed by atoms with Gasteiger partial charge in [-0.3, -0.25) is 4.18 Å². The molecule has 1 aromatic carbocycles. The number of rotatable bonds is 7. The fraction of sp³-hybridized carbons (Fsp3) is 0.455. The van der Waals surface area contributed by atoms with E-state index in [1.165, 1.54) is 0 Å². The van der Waals surface area contributed by atoms with Crippen LogP contribution in [0, 0.1) is 0 Å². The third-order valence-electron chi connectivity index (χ3n) is 2.47. The first-order valence-electron chi connectivity index (χ1n) is 5.80. The molecule has 0 heterocycles. The van der Waals surface area contributed by atoms with Crippen LogP contribution >= 0.6 is 0 Å². The average molecular weight is 323 g/mol. The molecule has 0 aliphatic heterocycles. The molecule has 0 saturated carbocycles. The van der Waals surface area contributed by atoms with Gasteiger partial charge in [0.25, 0.3) is 0 Å². The topological polar surface area (TPSA) is 92.1 Å². The van der Waals surface area contributed by atoms with Gasteiger partial charge >= 0.3 is 15.6 Å². The van der Waals surface area contributed by atoms with E-state index in [-0.39, 0.29) is 19.4 Å². The van der Waals surface area contributed by atoms with Gasteiger partial charge in [-0.2, -0.15) is 21.6 Å². The van der Waals surface area contributed by atoms with Gasteiger partial charge in [0.1, 0.15) is 0 Å². The Balaban J connectivity index is 2.85. The number of hydrogen-bond acceptors (Lipinski definition) is 4. The third kappa shape index (κ3) is 5.62. The number of halogens is 3. The van der Waals surface area contributed by atoms with Crippen LogP contribution in [0.15, 0.2) is 35.4 Å². The Morgan fingerprint density at radius 3 is 2.43 bits per heavy atom. The van der Waals surface area contributed by atoms with Gasteiger partial charge in [-0.1, -0.05) is 35.4 Å². The van der Waals surface area contributed by atoms with Crippen molar-refractivity contribution in [1.82, 2.24) is 0 Å². The molecule has 1 rings (SSSR count). The third-order valence-corrected chi connectivity index (χ3v) is 3.56. The van der Waals surface area contributed by atoms with Crippen molar-refractivity contribution >= 4 is 10.1 Å². The smallest absolute Gasteiger partial charge is 0.259 e. The molecule has 0 unspecified atom stereocenters. The highest BCUT2D eigenvalue weighted by Gasteiger charge is 2.48. The summed E-state index contributed by atoms with van der Waals surface area (Å²) in [7, 11) is -5.69. The summed E-state index contributed by atoms with van der Waals surface area (Å²) in [4.78, 5) is 2.46. The molecule has 6 nitrogen and oxygen atoms in total. The van der Waals surface area contributed by atoms with E-state index in [9.17, 15) is 21.6 Å². The minimum Gasteiger partial charge on any atom is -0.259 e. The van der Waals surface area contributed by atoms with Crippen LogP contribution in [-0.4, -0.2) is 26.6 Å². The maximum absolute atomic E-state index is 12.3. The van der Waals surface area contributed by atoms with Crippen LogP contribution in [0.1, 0.15) is 12.0 Å². The number of hydrogen-bond donors (Lipinski definition) is 0. The summed E-state index contributed by atoms with van der Waals surface area (Å²) in [6.45, 7) is -0.165. The molecule has 21 heavy (non-hydrogen) atoms. The lowest BCUT2D eigenvalue weighted by molar-refractivity contribution is -0.0575. The maximum atomic E-state index is 12.3. The largest absolute Gasteiger partial charge is 0.523 e. The Bertz CT molecular complexity index is 598. The lowest BCUT2D eigenvalue weighted by Gasteiger charge is -2.17. The molecule has 0 aliphatic rings. The SMILES string of the molecule is [N-]=[N+]=NCC[C@@H](Cc1ccccc1)OS(=O)(=O)C(F)(F)F.